The molecule has 17 heavy (non-hydrogen) atoms. The summed E-state index contributed by atoms with van der Waals surface area (Å²) in [6, 6.07) is 7.86. The van der Waals surface area contributed by atoms with Crippen LogP contribution in [0, 0.1) is 10.1 Å². The molecule has 1 heterocycles. The van der Waals surface area contributed by atoms with Crippen LogP contribution in [0.4, 0.5) is 4.39 Å². The van der Waals surface area contributed by atoms with Crippen molar-refractivity contribution in [3.05, 3.63) is 46.0 Å². The Hall–Kier alpha value is -1.49. The predicted octanol–water partition coefficient (Wildman–Crippen LogP) is 1.70. The van der Waals surface area contributed by atoms with Crippen molar-refractivity contribution in [3.8, 4) is 0 Å². The Bertz CT molecular complexity index is 399. The normalized spacial score (nSPS) is 29.4. The zero-order valence-corrected chi connectivity index (χ0v) is 9.62. The highest BCUT2D eigenvalue weighted by Gasteiger charge is 2.48. The fourth-order valence-electron chi connectivity index (χ4n) is 2.58. The van der Waals surface area contributed by atoms with Crippen molar-refractivity contribution in [1.29, 1.82) is 0 Å². The van der Waals surface area contributed by atoms with Gasteiger partial charge in [0, 0.05) is 11.5 Å². The summed E-state index contributed by atoms with van der Waals surface area (Å²) in [6.07, 6.45) is 0. The van der Waals surface area contributed by atoms with Gasteiger partial charge < -0.3 is 0 Å². The summed E-state index contributed by atoms with van der Waals surface area (Å²) in [4.78, 5) is 12.5. The van der Waals surface area contributed by atoms with Crippen LogP contribution in [0.3, 0.4) is 0 Å². The molecule has 1 saturated heterocycles. The summed E-state index contributed by atoms with van der Waals surface area (Å²) < 4.78 is 12.9. The first-order valence-corrected chi connectivity index (χ1v) is 5.59. The van der Waals surface area contributed by atoms with E-state index in [0.29, 0.717) is 6.54 Å². The Balaban J connectivity index is 2.31. The van der Waals surface area contributed by atoms with Gasteiger partial charge in [-0.05, 0) is 12.6 Å². The summed E-state index contributed by atoms with van der Waals surface area (Å²) in [7, 11) is 1.74. The number of alkyl halides is 1. The molecule has 1 aliphatic heterocycles. The predicted molar refractivity (Wildman–Crippen MR) is 62.4 cm³/mol. The lowest BCUT2D eigenvalue weighted by Crippen LogP contribution is -2.39. The largest absolute Gasteiger partial charge is 0.294 e. The second-order valence-electron chi connectivity index (χ2n) is 4.45. The zero-order valence-electron chi connectivity index (χ0n) is 9.62. The maximum atomic E-state index is 12.9. The van der Waals surface area contributed by atoms with E-state index in [1.54, 1.807) is 11.9 Å². The molecule has 1 fully saturated rings. The van der Waals surface area contributed by atoms with Crippen LogP contribution in [0.2, 0.25) is 0 Å². The van der Waals surface area contributed by atoms with E-state index in [9.17, 15) is 14.5 Å². The first kappa shape index (κ1) is 12.0. The van der Waals surface area contributed by atoms with Crippen LogP contribution in [0.1, 0.15) is 11.5 Å². The summed E-state index contributed by atoms with van der Waals surface area (Å²) in [5.41, 5.74) is 0.914. The zero-order chi connectivity index (χ0) is 12.4. The van der Waals surface area contributed by atoms with Crippen LogP contribution in [0.15, 0.2) is 30.3 Å². The molecule has 0 N–H and O–H groups in total. The molecular weight excluding hydrogens is 223 g/mol. The molecule has 92 valence electrons. The van der Waals surface area contributed by atoms with Gasteiger partial charge >= 0.3 is 0 Å². The quantitative estimate of drug-likeness (QED) is 0.594. The third-order valence-electron chi connectivity index (χ3n) is 3.49. The highest BCUT2D eigenvalue weighted by atomic mass is 19.1. The van der Waals surface area contributed by atoms with Crippen LogP contribution >= 0.6 is 0 Å². The number of likely N-dealkylation sites (tertiary alicyclic amines) is 1. The van der Waals surface area contributed by atoms with Gasteiger partial charge in [0.05, 0.1) is 5.92 Å². The molecule has 0 aliphatic carbocycles. The summed E-state index contributed by atoms with van der Waals surface area (Å²) >= 11 is 0. The topological polar surface area (TPSA) is 46.4 Å². The number of hydrogen-bond acceptors (Lipinski definition) is 3. The summed E-state index contributed by atoms with van der Waals surface area (Å²) in [5, 5.41) is 11.1. The van der Waals surface area contributed by atoms with E-state index in [2.05, 4.69) is 0 Å². The molecular formula is C12H15FN2O2. The molecule has 1 aromatic carbocycles. The highest BCUT2D eigenvalue weighted by Crippen LogP contribution is 2.33. The maximum Gasteiger partial charge on any atom is 0.238 e. The van der Waals surface area contributed by atoms with Crippen molar-refractivity contribution in [3.63, 3.8) is 0 Å². The second kappa shape index (κ2) is 4.79. The SMILES string of the molecule is CN1C[C@@H](c2ccccc2)[C@H]([N+](=O)[O-])[C@H]1CF. The first-order valence-electron chi connectivity index (χ1n) is 5.59. The number of hydrogen-bond donors (Lipinski definition) is 0. The number of nitro groups is 1. The lowest BCUT2D eigenvalue weighted by molar-refractivity contribution is -0.527. The first-order chi connectivity index (χ1) is 8.15. The number of rotatable bonds is 3. The van der Waals surface area contributed by atoms with E-state index in [0.717, 1.165) is 5.56 Å². The van der Waals surface area contributed by atoms with Crippen LogP contribution in [-0.4, -0.2) is 42.2 Å². The minimum atomic E-state index is -0.854. The maximum absolute atomic E-state index is 12.9. The molecule has 3 atom stereocenters. The molecule has 0 spiro atoms. The Labute approximate surface area is 99.2 Å². The highest BCUT2D eigenvalue weighted by molar-refractivity contribution is 5.23. The molecule has 5 heteroatoms. The third-order valence-corrected chi connectivity index (χ3v) is 3.49. The smallest absolute Gasteiger partial charge is 0.238 e. The van der Waals surface area contributed by atoms with Gasteiger partial charge in [-0.1, -0.05) is 30.3 Å². The van der Waals surface area contributed by atoms with E-state index in [4.69, 9.17) is 0 Å². The third kappa shape index (κ3) is 2.15. The Kier molecular flexibility index (Phi) is 3.38. The van der Waals surface area contributed by atoms with Gasteiger partial charge in [0.1, 0.15) is 12.7 Å². The molecule has 0 bridgehead atoms. The van der Waals surface area contributed by atoms with Crippen molar-refractivity contribution in [2.75, 3.05) is 20.3 Å². The fraction of sp³-hybridized carbons (Fsp3) is 0.500. The van der Waals surface area contributed by atoms with Crippen LogP contribution < -0.4 is 0 Å². The molecule has 1 aromatic rings. The lowest BCUT2D eigenvalue weighted by atomic mass is 9.92. The molecule has 4 nitrogen and oxygen atoms in total. The number of halogens is 1. The average molecular weight is 238 g/mol. The second-order valence-corrected chi connectivity index (χ2v) is 4.45. The van der Waals surface area contributed by atoms with Crippen molar-refractivity contribution < 1.29 is 9.31 Å². The van der Waals surface area contributed by atoms with E-state index in [-0.39, 0.29) is 10.8 Å². The van der Waals surface area contributed by atoms with Gasteiger partial charge in [-0.2, -0.15) is 0 Å². The van der Waals surface area contributed by atoms with Crippen molar-refractivity contribution in [1.82, 2.24) is 4.90 Å². The molecule has 1 aliphatic rings. The molecule has 0 aromatic heterocycles. The minimum absolute atomic E-state index is 0.225. The van der Waals surface area contributed by atoms with Crippen LogP contribution in [-0.2, 0) is 0 Å². The Morgan fingerprint density at radius 1 is 1.47 bits per heavy atom. The summed E-state index contributed by atoms with van der Waals surface area (Å²) in [6.45, 7) is -0.143. The van der Waals surface area contributed by atoms with Gasteiger partial charge in [-0.3, -0.25) is 15.0 Å². The Morgan fingerprint density at radius 2 is 2.12 bits per heavy atom. The van der Waals surface area contributed by atoms with Crippen molar-refractivity contribution in [2.45, 2.75) is 18.0 Å². The number of benzene rings is 1. The minimum Gasteiger partial charge on any atom is -0.294 e. The van der Waals surface area contributed by atoms with Gasteiger partial charge in [0.15, 0.2) is 0 Å². The van der Waals surface area contributed by atoms with E-state index in [1.165, 1.54) is 0 Å². The number of likely N-dealkylation sites (N-methyl/N-ethyl adjacent to an activating group) is 1. The van der Waals surface area contributed by atoms with Gasteiger partial charge in [-0.25, -0.2) is 4.39 Å². The van der Waals surface area contributed by atoms with E-state index in [1.807, 2.05) is 30.3 Å². The molecule has 0 amide bonds. The molecule has 0 unspecified atom stereocenters. The molecule has 2 rings (SSSR count). The fourth-order valence-corrected chi connectivity index (χ4v) is 2.58. The van der Waals surface area contributed by atoms with E-state index < -0.39 is 18.8 Å². The van der Waals surface area contributed by atoms with Gasteiger partial charge in [0.2, 0.25) is 6.04 Å². The summed E-state index contributed by atoms with van der Waals surface area (Å²) in [5.74, 6) is -0.225. The standard InChI is InChI=1S/C12H15FN2O2/c1-14-8-10(9-5-3-2-4-6-9)12(15(16)17)11(14)7-13/h2-6,10-12H,7-8H2,1H3/t10-,11+,12-/m0/s1. The number of nitrogens with zero attached hydrogens (tertiary/aromatic N) is 2. The van der Waals surface area contributed by atoms with E-state index >= 15 is 0 Å². The van der Waals surface area contributed by atoms with Gasteiger partial charge in [-0.15, -0.1) is 0 Å². The lowest BCUT2D eigenvalue weighted by Gasteiger charge is -2.16. The van der Waals surface area contributed by atoms with Crippen LogP contribution in [0.25, 0.3) is 0 Å². The Morgan fingerprint density at radius 3 is 2.65 bits per heavy atom. The average Bonchev–Trinajstić information content (AvgIpc) is 2.67. The van der Waals surface area contributed by atoms with Gasteiger partial charge in [0.25, 0.3) is 0 Å². The van der Waals surface area contributed by atoms with Crippen molar-refractivity contribution >= 4 is 0 Å². The molecule has 0 radical (unpaired) electrons. The van der Waals surface area contributed by atoms with Crippen molar-refractivity contribution in [2.24, 2.45) is 0 Å². The molecule has 0 saturated carbocycles. The monoisotopic (exact) mass is 238 g/mol. The van der Waals surface area contributed by atoms with Crippen LogP contribution in [0.5, 0.6) is 0 Å².